The number of aliphatic carboxylic acids is 1. The third-order valence-corrected chi connectivity index (χ3v) is 5.47. The van der Waals surface area contributed by atoms with Crippen molar-refractivity contribution in [1.29, 1.82) is 0 Å². The molecule has 2 aromatic carbocycles. The van der Waals surface area contributed by atoms with Crippen molar-refractivity contribution in [3.63, 3.8) is 0 Å². The number of nitrogens with zero attached hydrogens (tertiary/aromatic N) is 2. The van der Waals surface area contributed by atoms with Gasteiger partial charge in [0.1, 0.15) is 12.4 Å². The Balaban J connectivity index is 1.92. The Morgan fingerprint density at radius 1 is 1.23 bits per heavy atom. The molecule has 0 bridgehead atoms. The molecule has 0 spiro atoms. The molecule has 0 saturated carbocycles. The van der Waals surface area contributed by atoms with Gasteiger partial charge in [-0.2, -0.15) is 0 Å². The highest BCUT2D eigenvalue weighted by atomic mass is 79.9. The van der Waals surface area contributed by atoms with Gasteiger partial charge in [0.15, 0.2) is 5.17 Å². The molecule has 0 aromatic heterocycles. The van der Waals surface area contributed by atoms with Crippen molar-refractivity contribution < 1.29 is 29.3 Å². The van der Waals surface area contributed by atoms with Gasteiger partial charge in [0.2, 0.25) is 0 Å². The Morgan fingerprint density at radius 2 is 2.00 bits per heavy atom. The Hall–Kier alpha value is -3.11. The Kier molecular flexibility index (Phi) is 6.58. The predicted molar refractivity (Wildman–Crippen MR) is 111 cm³/mol. The zero-order valence-electron chi connectivity index (χ0n) is 15.5. The van der Waals surface area contributed by atoms with E-state index in [2.05, 4.69) is 20.9 Å². The largest absolute Gasteiger partial charge is 0.546 e. The fourth-order valence-electron chi connectivity index (χ4n) is 2.51. The third-order valence-electron chi connectivity index (χ3n) is 3.91. The van der Waals surface area contributed by atoms with Crippen LogP contribution in [0.25, 0.3) is 6.08 Å². The van der Waals surface area contributed by atoms with E-state index in [4.69, 9.17) is 4.74 Å². The van der Waals surface area contributed by atoms with Gasteiger partial charge in [0.05, 0.1) is 22.5 Å². The molecule has 8 nitrogen and oxygen atoms in total. The number of benzene rings is 2. The lowest BCUT2D eigenvalue weighted by molar-refractivity contribution is -0.307. The van der Waals surface area contributed by atoms with Gasteiger partial charge in [0, 0.05) is 17.1 Å². The molecule has 1 aliphatic rings. The number of amides is 1. The highest BCUT2D eigenvalue weighted by Crippen LogP contribution is 2.35. The van der Waals surface area contributed by atoms with Crippen molar-refractivity contribution in [1.82, 2.24) is 4.90 Å². The first-order valence-electron chi connectivity index (χ1n) is 8.44. The Morgan fingerprint density at radius 3 is 2.70 bits per heavy atom. The van der Waals surface area contributed by atoms with E-state index in [9.17, 15) is 24.6 Å². The number of amidine groups is 1. The van der Waals surface area contributed by atoms with Crippen LogP contribution < -0.4 is 14.9 Å². The van der Waals surface area contributed by atoms with Crippen LogP contribution in [0, 0.1) is 0 Å². The smallest absolute Gasteiger partial charge is 0.266 e. The van der Waals surface area contributed by atoms with Crippen molar-refractivity contribution in [2.45, 2.75) is 0 Å². The molecule has 0 atom stereocenters. The SMILES string of the molecule is CN1C(=O)/C(=C/c2cc(Br)ccc2OCC(=O)[O-])SC1=Nc1cccc(C(=O)[O-])c1. The second-order valence-corrected chi connectivity index (χ2v) is 7.97. The maximum atomic E-state index is 12.6. The number of likely N-dealkylation sites (N-methyl/N-ethyl adjacent to an activating group) is 1. The van der Waals surface area contributed by atoms with Crippen LogP contribution in [0.4, 0.5) is 5.69 Å². The van der Waals surface area contributed by atoms with Crippen LogP contribution in [-0.2, 0) is 9.59 Å². The van der Waals surface area contributed by atoms with Crippen molar-refractivity contribution in [2.75, 3.05) is 13.7 Å². The minimum Gasteiger partial charge on any atom is -0.546 e. The zero-order valence-corrected chi connectivity index (χ0v) is 17.9. The van der Waals surface area contributed by atoms with Crippen LogP contribution >= 0.6 is 27.7 Å². The summed E-state index contributed by atoms with van der Waals surface area (Å²) in [6, 6.07) is 10.8. The molecule has 0 unspecified atom stereocenters. The highest BCUT2D eigenvalue weighted by molar-refractivity contribution is 9.10. The van der Waals surface area contributed by atoms with E-state index in [0.717, 1.165) is 11.8 Å². The summed E-state index contributed by atoms with van der Waals surface area (Å²) in [5.74, 6) is -2.73. The van der Waals surface area contributed by atoms with Gasteiger partial charge in [-0.1, -0.05) is 28.1 Å². The molecule has 1 heterocycles. The van der Waals surface area contributed by atoms with Crippen molar-refractivity contribution >= 4 is 62.5 Å². The molecule has 2 aromatic rings. The summed E-state index contributed by atoms with van der Waals surface area (Å²) >= 11 is 4.43. The molecule has 1 amide bonds. The lowest BCUT2D eigenvalue weighted by Gasteiger charge is -2.10. The maximum absolute atomic E-state index is 12.6. The lowest BCUT2D eigenvalue weighted by atomic mass is 10.2. The second kappa shape index (κ2) is 9.14. The topological polar surface area (TPSA) is 122 Å². The molecule has 0 N–H and O–H groups in total. The lowest BCUT2D eigenvalue weighted by Crippen LogP contribution is -2.29. The summed E-state index contributed by atoms with van der Waals surface area (Å²) in [5.41, 5.74) is 0.837. The summed E-state index contributed by atoms with van der Waals surface area (Å²) in [5, 5.41) is 22.1. The number of carboxylic acids is 2. The number of hydrogen-bond donors (Lipinski definition) is 0. The fourth-order valence-corrected chi connectivity index (χ4v) is 3.86. The van der Waals surface area contributed by atoms with Gasteiger partial charge < -0.3 is 24.5 Å². The fraction of sp³-hybridized carbons (Fsp3) is 0.100. The zero-order chi connectivity index (χ0) is 21.8. The predicted octanol–water partition coefficient (Wildman–Crippen LogP) is 1.18. The van der Waals surface area contributed by atoms with Gasteiger partial charge in [0.25, 0.3) is 5.91 Å². The van der Waals surface area contributed by atoms with Crippen LogP contribution in [-0.4, -0.2) is 41.6 Å². The van der Waals surface area contributed by atoms with E-state index in [1.54, 1.807) is 37.4 Å². The molecule has 1 aliphatic heterocycles. The van der Waals surface area contributed by atoms with Gasteiger partial charge in [-0.3, -0.25) is 9.69 Å². The minimum atomic E-state index is -1.37. The summed E-state index contributed by atoms with van der Waals surface area (Å²) in [6.45, 7) is -0.625. The number of carbonyl (C=O) groups excluding carboxylic acids is 3. The number of halogens is 1. The monoisotopic (exact) mass is 488 g/mol. The summed E-state index contributed by atoms with van der Waals surface area (Å²) in [7, 11) is 1.55. The Bertz CT molecular complexity index is 1100. The normalized spacial score (nSPS) is 16.3. The van der Waals surface area contributed by atoms with Crippen molar-refractivity contribution in [2.24, 2.45) is 4.99 Å². The molecule has 0 aliphatic carbocycles. The number of aromatic carboxylic acids is 1. The average molecular weight is 489 g/mol. The number of hydrogen-bond acceptors (Lipinski definition) is 8. The third kappa shape index (κ3) is 5.08. The van der Waals surface area contributed by atoms with Crippen LogP contribution in [0.15, 0.2) is 56.8 Å². The standard InChI is InChI=1S/C20H15BrN2O6S/c1-23-18(26)16(9-12-7-13(21)5-6-15(12)29-10-17(24)25)30-20(23)22-14-4-2-3-11(8-14)19(27)28/h2-9H,10H2,1H3,(H,24,25)(H,27,28)/p-2/b16-9-,22-20?. The molecule has 0 radical (unpaired) electrons. The molecule has 1 saturated heterocycles. The molecular formula is C20H13BrN2O6S-2. The van der Waals surface area contributed by atoms with E-state index >= 15 is 0 Å². The molecule has 154 valence electrons. The van der Waals surface area contributed by atoms with Gasteiger partial charge in [-0.25, -0.2) is 4.99 Å². The molecular weight excluding hydrogens is 476 g/mol. The number of ether oxygens (including phenoxy) is 1. The average Bonchev–Trinajstić information content (AvgIpc) is 2.95. The van der Waals surface area contributed by atoms with Gasteiger partial charge >= 0.3 is 0 Å². The van der Waals surface area contributed by atoms with Gasteiger partial charge in [-0.05, 0) is 53.7 Å². The summed E-state index contributed by atoms with van der Waals surface area (Å²) in [4.78, 5) is 40.4. The number of carboxylic acid groups (broad SMARTS) is 2. The molecule has 30 heavy (non-hydrogen) atoms. The summed E-state index contributed by atoms with van der Waals surface area (Å²) < 4.78 is 5.95. The van der Waals surface area contributed by atoms with E-state index < -0.39 is 18.5 Å². The minimum absolute atomic E-state index is 0.0200. The summed E-state index contributed by atoms with van der Waals surface area (Å²) in [6.07, 6.45) is 1.57. The van der Waals surface area contributed by atoms with Crippen LogP contribution in [0.5, 0.6) is 5.75 Å². The molecule has 3 rings (SSSR count). The second-order valence-electron chi connectivity index (χ2n) is 6.05. The number of rotatable bonds is 6. The number of carbonyl (C=O) groups is 3. The van der Waals surface area contributed by atoms with E-state index in [1.807, 2.05) is 0 Å². The quantitative estimate of drug-likeness (QED) is 0.559. The van der Waals surface area contributed by atoms with Crippen molar-refractivity contribution in [3.05, 3.63) is 63.0 Å². The van der Waals surface area contributed by atoms with Crippen LogP contribution in [0.1, 0.15) is 15.9 Å². The van der Waals surface area contributed by atoms with Crippen LogP contribution in [0.3, 0.4) is 0 Å². The number of thioether (sulfide) groups is 1. The first-order chi connectivity index (χ1) is 14.2. The van der Waals surface area contributed by atoms with E-state index in [1.165, 1.54) is 23.1 Å². The first-order valence-corrected chi connectivity index (χ1v) is 10.1. The van der Waals surface area contributed by atoms with E-state index in [-0.39, 0.29) is 17.2 Å². The molecule has 10 heteroatoms. The van der Waals surface area contributed by atoms with Crippen LogP contribution in [0.2, 0.25) is 0 Å². The van der Waals surface area contributed by atoms with E-state index in [0.29, 0.717) is 25.8 Å². The molecule has 1 fully saturated rings. The highest BCUT2D eigenvalue weighted by Gasteiger charge is 2.30. The number of aliphatic imine (C=N–C) groups is 1. The first kappa shape index (κ1) is 21.6. The maximum Gasteiger partial charge on any atom is 0.266 e. The van der Waals surface area contributed by atoms with Crippen molar-refractivity contribution in [3.8, 4) is 5.75 Å². The Labute approximate surface area is 184 Å². The van der Waals surface area contributed by atoms with Gasteiger partial charge in [-0.15, -0.1) is 0 Å².